The Hall–Kier alpha value is -1.19. The molecule has 6 atom stereocenters. The van der Waals surface area contributed by atoms with Crippen LogP contribution < -0.4 is 5.73 Å². The summed E-state index contributed by atoms with van der Waals surface area (Å²) >= 11 is 0. The van der Waals surface area contributed by atoms with E-state index in [9.17, 15) is 34.6 Å². The van der Waals surface area contributed by atoms with Gasteiger partial charge in [0.2, 0.25) is 5.79 Å². The fourth-order valence-corrected chi connectivity index (χ4v) is 3.09. The van der Waals surface area contributed by atoms with Gasteiger partial charge in [-0.2, -0.15) is 0 Å². The molecule has 0 bridgehead atoms. The van der Waals surface area contributed by atoms with Crippen LogP contribution in [0.25, 0.3) is 0 Å². The van der Waals surface area contributed by atoms with Crippen molar-refractivity contribution < 1.29 is 63.5 Å². The molecule has 0 aromatic carbocycles. The quantitative estimate of drug-likeness (QED) is 0.148. The number of carboxylic acids is 1. The highest BCUT2D eigenvalue weighted by molar-refractivity contribution is 7.46. The van der Waals surface area contributed by atoms with Crippen LogP contribution in [0.4, 0.5) is 0 Å². The Morgan fingerprint density at radius 1 is 1.38 bits per heavy atom. The molecule has 0 aromatic heterocycles. The number of phosphoric acid groups is 1. The first kappa shape index (κ1) is 22.9. The van der Waals surface area contributed by atoms with E-state index in [2.05, 4.69) is 9.26 Å². The Kier molecular flexibility index (Phi) is 6.87. The van der Waals surface area contributed by atoms with E-state index in [0.717, 1.165) is 6.92 Å². The molecule has 0 amide bonds. The third-order valence-corrected chi connectivity index (χ3v) is 4.06. The molecule has 9 N–H and O–H groups in total. The van der Waals surface area contributed by atoms with Crippen LogP contribution >= 0.6 is 7.82 Å². The molecular formula is C11H20NO13P. The van der Waals surface area contributed by atoms with Gasteiger partial charge in [0.1, 0.15) is 12.2 Å². The largest absolute Gasteiger partial charge is 0.476 e. The number of rotatable bonds is 7. The highest BCUT2D eigenvalue weighted by Crippen LogP contribution is 2.49. The van der Waals surface area contributed by atoms with E-state index in [1.807, 2.05) is 0 Å². The molecule has 152 valence electrons. The topological polar surface area (TPSA) is 247 Å². The first-order valence-electron chi connectivity index (χ1n) is 7.01. The summed E-state index contributed by atoms with van der Waals surface area (Å²) in [5, 5.41) is 48.2. The van der Waals surface area contributed by atoms with Gasteiger partial charge in [-0.15, -0.1) is 0 Å². The summed E-state index contributed by atoms with van der Waals surface area (Å²) in [6, 6.07) is -2.03. The summed E-state index contributed by atoms with van der Waals surface area (Å²) in [6.45, 7) is -0.410. The molecule has 1 rings (SSSR count). The number of nitrogens with two attached hydrogens (primary N) is 1. The maximum Gasteiger partial charge on any atom is 0.472 e. The predicted octanol–water partition coefficient (Wildman–Crippen LogP) is -4.04. The van der Waals surface area contributed by atoms with Crippen molar-refractivity contribution >= 4 is 19.8 Å². The summed E-state index contributed by atoms with van der Waals surface area (Å²) in [5.41, 5.74) is 5.58. The molecule has 1 heterocycles. The van der Waals surface area contributed by atoms with Gasteiger partial charge in [0.25, 0.3) is 0 Å². The van der Waals surface area contributed by atoms with E-state index in [0.29, 0.717) is 0 Å². The average molecular weight is 405 g/mol. The van der Waals surface area contributed by atoms with Crippen LogP contribution in [0.1, 0.15) is 13.3 Å². The maximum absolute atomic E-state index is 11.6. The van der Waals surface area contributed by atoms with E-state index < -0.39 is 68.7 Å². The van der Waals surface area contributed by atoms with Gasteiger partial charge in [0, 0.05) is 6.92 Å². The first-order chi connectivity index (χ1) is 11.7. The van der Waals surface area contributed by atoms with Gasteiger partial charge in [-0.1, -0.05) is 0 Å². The SMILES string of the molecule is CC(=O)O[C@@]1(C(=O)O)C[C@H](O)[C@@H](N)[C@](OP(=O)(O)O)([C@H](O)[C@H](O)CO)O1. The standard InChI is InChI=1S/C11H20NO13P/c1-4(14)23-10(9(18)19)2-5(15)7(12)11(24-10,25-26(20,21)22)8(17)6(16)3-13/h5-8,13,15-17H,2-3,12H2,1H3,(H,18,19)(H2,20,21,22)/t5-,6+,7+,8+,10-,11-/m0/s1. The number of carbonyl (C=O) groups is 2. The summed E-state index contributed by atoms with van der Waals surface area (Å²) in [5.74, 6) is -9.58. The Labute approximate surface area is 145 Å². The van der Waals surface area contributed by atoms with E-state index in [-0.39, 0.29) is 0 Å². The number of aliphatic hydroxyl groups excluding tert-OH is 4. The van der Waals surface area contributed by atoms with Gasteiger partial charge in [0.15, 0.2) is 0 Å². The minimum atomic E-state index is -5.59. The Balaban J connectivity index is 3.59. The van der Waals surface area contributed by atoms with Crippen LogP contribution in [0.3, 0.4) is 0 Å². The number of esters is 1. The van der Waals surface area contributed by atoms with Gasteiger partial charge in [-0.05, 0) is 0 Å². The molecule has 0 aliphatic carbocycles. The zero-order valence-corrected chi connectivity index (χ0v) is 14.2. The smallest absolute Gasteiger partial charge is 0.472 e. The second kappa shape index (κ2) is 7.82. The number of phosphoric ester groups is 1. The third kappa shape index (κ3) is 4.55. The second-order valence-electron chi connectivity index (χ2n) is 5.55. The summed E-state index contributed by atoms with van der Waals surface area (Å²) in [6.07, 6.45) is -7.75. The molecule has 0 unspecified atom stereocenters. The third-order valence-electron chi connectivity index (χ3n) is 3.54. The van der Waals surface area contributed by atoms with E-state index in [4.69, 9.17) is 25.4 Å². The van der Waals surface area contributed by atoms with Gasteiger partial charge in [-0.25, -0.2) is 13.9 Å². The Morgan fingerprint density at radius 2 is 1.92 bits per heavy atom. The van der Waals surface area contributed by atoms with Crippen LogP contribution in [-0.2, 0) is 28.2 Å². The molecule has 14 nitrogen and oxygen atoms in total. The van der Waals surface area contributed by atoms with Crippen LogP contribution in [-0.4, -0.2) is 89.8 Å². The number of hydrogen-bond donors (Lipinski definition) is 8. The van der Waals surface area contributed by atoms with Crippen LogP contribution in [0.15, 0.2) is 0 Å². The molecule has 15 heteroatoms. The lowest BCUT2D eigenvalue weighted by atomic mass is 9.86. The van der Waals surface area contributed by atoms with Crippen LogP contribution in [0.5, 0.6) is 0 Å². The van der Waals surface area contributed by atoms with Crippen LogP contribution in [0.2, 0.25) is 0 Å². The maximum atomic E-state index is 11.6. The molecular weight excluding hydrogens is 385 g/mol. The molecule has 1 fully saturated rings. The first-order valence-corrected chi connectivity index (χ1v) is 8.54. The number of carboxylic acid groups (broad SMARTS) is 1. The molecule has 0 radical (unpaired) electrons. The zero-order valence-electron chi connectivity index (χ0n) is 13.3. The van der Waals surface area contributed by atoms with Gasteiger partial charge >= 0.3 is 25.5 Å². The predicted molar refractivity (Wildman–Crippen MR) is 76.8 cm³/mol. The number of ether oxygens (including phenoxy) is 2. The Bertz CT molecular complexity index is 595. The molecule has 0 saturated carbocycles. The molecule has 26 heavy (non-hydrogen) atoms. The molecule has 0 spiro atoms. The second-order valence-corrected chi connectivity index (χ2v) is 6.71. The monoisotopic (exact) mass is 405 g/mol. The van der Waals surface area contributed by atoms with Gasteiger partial charge in [0.05, 0.1) is 25.2 Å². The van der Waals surface area contributed by atoms with E-state index in [1.54, 1.807) is 0 Å². The average Bonchev–Trinajstić information content (AvgIpc) is 2.48. The van der Waals surface area contributed by atoms with Crippen molar-refractivity contribution in [3.05, 3.63) is 0 Å². The van der Waals surface area contributed by atoms with E-state index >= 15 is 0 Å². The van der Waals surface area contributed by atoms with Crippen molar-refractivity contribution in [2.45, 2.75) is 49.3 Å². The minimum Gasteiger partial charge on any atom is -0.476 e. The van der Waals surface area contributed by atoms with Crippen molar-refractivity contribution in [2.24, 2.45) is 5.73 Å². The fraction of sp³-hybridized carbons (Fsp3) is 0.818. The zero-order chi connectivity index (χ0) is 20.5. The van der Waals surface area contributed by atoms with Crippen molar-refractivity contribution in [1.29, 1.82) is 0 Å². The van der Waals surface area contributed by atoms with Crippen molar-refractivity contribution in [3.8, 4) is 0 Å². The van der Waals surface area contributed by atoms with Gasteiger partial charge in [-0.3, -0.25) is 9.53 Å². The highest BCUT2D eigenvalue weighted by atomic mass is 31.2. The minimum absolute atomic E-state index is 0.777. The lowest BCUT2D eigenvalue weighted by Gasteiger charge is -2.51. The molecule has 0 aromatic rings. The normalized spacial score (nSPS) is 34.8. The van der Waals surface area contributed by atoms with Crippen molar-refractivity contribution in [3.63, 3.8) is 0 Å². The number of aliphatic hydroxyl groups is 4. The van der Waals surface area contributed by atoms with Gasteiger partial charge < -0.3 is 45.8 Å². The number of hydrogen-bond acceptors (Lipinski definition) is 11. The summed E-state index contributed by atoms with van der Waals surface area (Å²) in [7, 11) is -5.59. The Morgan fingerprint density at radius 3 is 2.31 bits per heavy atom. The molecule has 1 aliphatic heterocycles. The summed E-state index contributed by atoms with van der Waals surface area (Å²) < 4.78 is 25.1. The fourth-order valence-electron chi connectivity index (χ4n) is 2.45. The van der Waals surface area contributed by atoms with Crippen LogP contribution in [0, 0.1) is 0 Å². The number of carbonyl (C=O) groups excluding carboxylic acids is 1. The van der Waals surface area contributed by atoms with Crippen molar-refractivity contribution in [2.75, 3.05) is 6.61 Å². The summed E-state index contributed by atoms with van der Waals surface area (Å²) in [4.78, 5) is 41.0. The lowest BCUT2D eigenvalue weighted by Crippen LogP contribution is -2.74. The van der Waals surface area contributed by atoms with E-state index in [1.165, 1.54) is 0 Å². The number of aliphatic carboxylic acids is 1. The lowest BCUT2D eigenvalue weighted by molar-refractivity contribution is -0.388. The molecule has 1 saturated heterocycles. The highest BCUT2D eigenvalue weighted by Gasteiger charge is 2.66. The van der Waals surface area contributed by atoms with Crippen molar-refractivity contribution in [1.82, 2.24) is 0 Å². The molecule has 1 aliphatic rings.